The average molecular weight is 318 g/mol. The molecule has 20 heavy (non-hydrogen) atoms. The lowest BCUT2D eigenvalue weighted by Crippen LogP contribution is -2.36. The van der Waals surface area contributed by atoms with Crippen molar-refractivity contribution in [1.29, 1.82) is 0 Å². The predicted octanol–water partition coefficient (Wildman–Crippen LogP) is 3.79. The normalized spacial score (nSPS) is 13.3. The highest BCUT2D eigenvalue weighted by atomic mass is 35.5. The number of amides is 1. The zero-order valence-electron chi connectivity index (χ0n) is 13.1. The fourth-order valence-electron chi connectivity index (χ4n) is 1.96. The Balaban J connectivity index is 3.08. The molecular weight excluding hydrogens is 294 g/mol. The van der Waals surface area contributed by atoms with Crippen molar-refractivity contribution in [2.24, 2.45) is 0 Å². The largest absolute Gasteiger partial charge is 0.308 e. The molecule has 4 nitrogen and oxygen atoms in total. The first-order chi connectivity index (χ1) is 9.23. The van der Waals surface area contributed by atoms with Gasteiger partial charge in [-0.25, -0.2) is 4.68 Å². The van der Waals surface area contributed by atoms with Crippen LogP contribution in [0.1, 0.15) is 41.5 Å². The van der Waals surface area contributed by atoms with Crippen molar-refractivity contribution in [2.45, 2.75) is 52.3 Å². The summed E-state index contributed by atoms with van der Waals surface area (Å²) in [5, 5.41) is 4.77. The van der Waals surface area contributed by atoms with E-state index in [0.29, 0.717) is 17.4 Å². The third-order valence-electron chi connectivity index (χ3n) is 2.97. The molecule has 1 unspecified atom stereocenters. The van der Waals surface area contributed by atoms with Crippen molar-refractivity contribution >= 4 is 35.0 Å². The van der Waals surface area contributed by atoms with Gasteiger partial charge in [0.25, 0.3) is 0 Å². The molecule has 0 aliphatic rings. The Labute approximate surface area is 130 Å². The average Bonchev–Trinajstić information content (AvgIpc) is 2.72. The van der Waals surface area contributed by atoms with Crippen LogP contribution in [0, 0.1) is 0 Å². The van der Waals surface area contributed by atoms with E-state index in [-0.39, 0.29) is 16.7 Å². The Hall–Kier alpha value is -0.680. The highest BCUT2D eigenvalue weighted by Crippen LogP contribution is 2.31. The number of thioether (sulfide) groups is 1. The van der Waals surface area contributed by atoms with E-state index >= 15 is 0 Å². The van der Waals surface area contributed by atoms with Crippen LogP contribution in [0.3, 0.4) is 0 Å². The highest BCUT2D eigenvalue weighted by Gasteiger charge is 2.27. The second-order valence-corrected chi connectivity index (χ2v) is 7.56. The first-order valence-electron chi connectivity index (χ1n) is 6.91. The molecule has 1 aromatic heterocycles. The lowest BCUT2D eigenvalue weighted by molar-refractivity contribution is -0.117. The first kappa shape index (κ1) is 17.4. The summed E-state index contributed by atoms with van der Waals surface area (Å²) in [7, 11) is 0. The van der Waals surface area contributed by atoms with E-state index in [9.17, 15) is 4.79 Å². The summed E-state index contributed by atoms with van der Waals surface area (Å²) < 4.78 is 1.75. The Kier molecular flexibility index (Phi) is 5.95. The van der Waals surface area contributed by atoms with E-state index < -0.39 is 0 Å². The number of aromatic nitrogens is 2. The number of anilines is 1. The molecule has 0 N–H and O–H groups in total. The van der Waals surface area contributed by atoms with Crippen molar-refractivity contribution in [3.63, 3.8) is 0 Å². The van der Waals surface area contributed by atoms with E-state index in [1.54, 1.807) is 27.5 Å². The monoisotopic (exact) mass is 317 g/mol. The molecule has 0 aliphatic heterocycles. The van der Waals surface area contributed by atoms with E-state index in [1.807, 2.05) is 34.6 Å². The summed E-state index contributed by atoms with van der Waals surface area (Å²) in [5.41, 5.74) is 0.485. The summed E-state index contributed by atoms with van der Waals surface area (Å²) in [5.74, 6) is 0.995. The number of halogens is 1. The van der Waals surface area contributed by atoms with Crippen LogP contribution in [0.5, 0.6) is 0 Å². The zero-order valence-corrected chi connectivity index (χ0v) is 14.7. The fourth-order valence-corrected chi connectivity index (χ4v) is 3.18. The molecule has 0 saturated heterocycles. The number of hydrogen-bond acceptors (Lipinski definition) is 3. The van der Waals surface area contributed by atoms with Gasteiger partial charge in [0, 0.05) is 6.54 Å². The Morgan fingerprint density at radius 1 is 1.50 bits per heavy atom. The number of carbonyl (C=O) groups is 1. The topological polar surface area (TPSA) is 38.1 Å². The van der Waals surface area contributed by atoms with Gasteiger partial charge in [-0.05, 0) is 40.4 Å². The minimum Gasteiger partial charge on any atom is -0.308 e. The van der Waals surface area contributed by atoms with Gasteiger partial charge in [0.05, 0.1) is 17.0 Å². The molecule has 1 heterocycles. The molecular formula is C14H24ClN3OS. The van der Waals surface area contributed by atoms with E-state index in [4.69, 9.17) is 11.6 Å². The first-order valence-corrected chi connectivity index (χ1v) is 8.33. The van der Waals surface area contributed by atoms with Crippen molar-refractivity contribution < 1.29 is 4.79 Å². The van der Waals surface area contributed by atoms with Gasteiger partial charge < -0.3 is 4.90 Å². The Bertz CT molecular complexity index is 467. The molecule has 0 saturated carbocycles. The number of carbonyl (C=O) groups excluding carboxylic acids is 1. The molecule has 1 amide bonds. The maximum atomic E-state index is 12.5. The third kappa shape index (κ3) is 3.70. The van der Waals surface area contributed by atoms with Crippen LogP contribution in [-0.2, 0) is 10.3 Å². The summed E-state index contributed by atoms with van der Waals surface area (Å²) >= 11 is 8.04. The van der Waals surface area contributed by atoms with Gasteiger partial charge in [-0.3, -0.25) is 4.79 Å². The zero-order chi connectivity index (χ0) is 15.5. The predicted molar refractivity (Wildman–Crippen MR) is 87.9 cm³/mol. The van der Waals surface area contributed by atoms with Gasteiger partial charge in [-0.1, -0.05) is 18.5 Å². The molecule has 1 atom stereocenters. The minimum atomic E-state index is -0.207. The van der Waals surface area contributed by atoms with Crippen LogP contribution < -0.4 is 4.90 Å². The Morgan fingerprint density at radius 3 is 2.50 bits per heavy atom. The van der Waals surface area contributed by atoms with Crippen LogP contribution in [0.2, 0.25) is 5.15 Å². The molecule has 0 aliphatic carbocycles. The molecule has 0 aromatic carbocycles. The summed E-state index contributed by atoms with van der Waals surface area (Å²) in [4.78, 5) is 14.2. The van der Waals surface area contributed by atoms with E-state index in [1.165, 1.54) is 0 Å². The number of nitrogens with zero attached hydrogens (tertiary/aromatic N) is 3. The standard InChI is InChI=1S/C14H24ClN3OS/c1-7-17(13(19)10(3)20-8-2)11-9-16-18(12(11)15)14(4,5)6/h9-10H,7-8H2,1-6H3. The second-order valence-electron chi connectivity index (χ2n) is 5.58. The lowest BCUT2D eigenvalue weighted by atomic mass is 10.1. The smallest absolute Gasteiger partial charge is 0.239 e. The maximum absolute atomic E-state index is 12.5. The third-order valence-corrected chi connectivity index (χ3v) is 4.35. The lowest BCUT2D eigenvalue weighted by Gasteiger charge is -2.25. The SMILES string of the molecule is CCSC(C)C(=O)N(CC)c1cnn(C(C)(C)C)c1Cl. The second kappa shape index (κ2) is 6.85. The van der Waals surface area contributed by atoms with Crippen molar-refractivity contribution in [3.8, 4) is 0 Å². The van der Waals surface area contributed by atoms with Crippen LogP contribution in [0.15, 0.2) is 6.20 Å². The van der Waals surface area contributed by atoms with Crippen molar-refractivity contribution in [3.05, 3.63) is 11.3 Å². The Morgan fingerprint density at radius 2 is 2.10 bits per heavy atom. The molecule has 0 radical (unpaired) electrons. The highest BCUT2D eigenvalue weighted by molar-refractivity contribution is 8.00. The summed E-state index contributed by atoms with van der Waals surface area (Å²) in [6.07, 6.45) is 1.68. The van der Waals surface area contributed by atoms with Gasteiger partial charge in [0.2, 0.25) is 5.91 Å². The van der Waals surface area contributed by atoms with Crippen molar-refractivity contribution in [1.82, 2.24) is 9.78 Å². The molecule has 1 aromatic rings. The van der Waals surface area contributed by atoms with E-state index in [0.717, 1.165) is 5.75 Å². The van der Waals surface area contributed by atoms with Gasteiger partial charge in [0.15, 0.2) is 5.15 Å². The quantitative estimate of drug-likeness (QED) is 0.829. The number of rotatable bonds is 5. The van der Waals surface area contributed by atoms with Gasteiger partial charge in [-0.15, -0.1) is 11.8 Å². The molecule has 0 spiro atoms. The van der Waals surface area contributed by atoms with E-state index in [2.05, 4.69) is 12.0 Å². The van der Waals surface area contributed by atoms with Gasteiger partial charge in [-0.2, -0.15) is 5.10 Å². The maximum Gasteiger partial charge on any atom is 0.239 e. The molecule has 0 fully saturated rings. The fraction of sp³-hybridized carbons (Fsp3) is 0.714. The summed E-state index contributed by atoms with van der Waals surface area (Å²) in [6.45, 7) is 12.6. The van der Waals surface area contributed by atoms with Crippen molar-refractivity contribution in [2.75, 3.05) is 17.2 Å². The molecule has 114 valence electrons. The van der Waals surface area contributed by atoms with Gasteiger partial charge >= 0.3 is 0 Å². The van der Waals surface area contributed by atoms with Crippen LogP contribution in [0.25, 0.3) is 0 Å². The number of hydrogen-bond donors (Lipinski definition) is 0. The summed E-state index contributed by atoms with van der Waals surface area (Å²) in [6, 6.07) is 0. The molecule has 6 heteroatoms. The van der Waals surface area contributed by atoms with Crippen LogP contribution in [-0.4, -0.2) is 33.2 Å². The van der Waals surface area contributed by atoms with Crippen LogP contribution >= 0.6 is 23.4 Å². The van der Waals surface area contributed by atoms with Crippen LogP contribution in [0.4, 0.5) is 5.69 Å². The minimum absolute atomic E-state index is 0.0750. The molecule has 0 bridgehead atoms. The molecule has 1 rings (SSSR count). The van der Waals surface area contributed by atoms with Gasteiger partial charge in [0.1, 0.15) is 5.69 Å².